The van der Waals surface area contributed by atoms with E-state index in [4.69, 9.17) is 3.63 Å². The zero-order valence-corrected chi connectivity index (χ0v) is 22.2. The van der Waals surface area contributed by atoms with Gasteiger partial charge in [-0.15, -0.1) is 0 Å². The van der Waals surface area contributed by atoms with Gasteiger partial charge in [-0.2, -0.15) is 8.42 Å². The maximum Gasteiger partial charge on any atom is 0.307 e. The van der Waals surface area contributed by atoms with Crippen LogP contribution < -0.4 is 0 Å². The summed E-state index contributed by atoms with van der Waals surface area (Å²) in [5.41, 5.74) is 2.33. The first-order valence-corrected chi connectivity index (χ1v) is 15.5. The molecule has 0 amide bonds. The summed E-state index contributed by atoms with van der Waals surface area (Å²) in [7, 11) is -6.66. The van der Waals surface area contributed by atoms with E-state index in [-0.39, 0.29) is 4.90 Å². The Morgan fingerprint density at radius 1 is 0.583 bits per heavy atom. The minimum Gasteiger partial charge on any atom is -0.203 e. The Hall–Kier alpha value is -2.86. The van der Waals surface area contributed by atoms with Crippen LogP contribution in [0.15, 0.2) is 129 Å². The topological polar surface area (TPSA) is 43.4 Å². The lowest BCUT2D eigenvalue weighted by Crippen LogP contribution is -2.15. The van der Waals surface area contributed by atoms with Crippen LogP contribution in [0, 0.1) is 6.92 Å². The van der Waals surface area contributed by atoms with E-state index in [0.717, 1.165) is 20.2 Å². The molecule has 36 heavy (non-hydrogen) atoms. The number of hydrogen-bond donors (Lipinski definition) is 0. The van der Waals surface area contributed by atoms with Crippen molar-refractivity contribution in [2.45, 2.75) is 64.5 Å². The molecule has 4 aromatic rings. The maximum absolute atomic E-state index is 13.8. The van der Waals surface area contributed by atoms with Crippen molar-refractivity contribution in [3.05, 3.63) is 120 Å². The fraction of sp³-hybridized carbons (Fsp3) is 0.226. The molecule has 0 atom stereocenters. The van der Waals surface area contributed by atoms with Crippen LogP contribution in [-0.2, 0) is 13.7 Å². The highest BCUT2D eigenvalue weighted by molar-refractivity contribution is 8.33. The molecule has 0 unspecified atom stereocenters. The molecule has 1 aliphatic carbocycles. The van der Waals surface area contributed by atoms with Gasteiger partial charge in [0.05, 0.1) is 4.90 Å². The van der Waals surface area contributed by atoms with Crippen molar-refractivity contribution in [3.8, 4) is 0 Å². The monoisotopic (exact) mass is 516 g/mol. The van der Waals surface area contributed by atoms with Gasteiger partial charge in [0, 0.05) is 14.7 Å². The smallest absolute Gasteiger partial charge is 0.203 e. The SMILES string of the molecule is Cc1ccc(S(=O)(=O)OS(c2ccccc2)(c2ccccc2)c2ccc(C3CCCCC3)cc2)cc1. The Morgan fingerprint density at radius 3 is 1.58 bits per heavy atom. The van der Waals surface area contributed by atoms with Crippen molar-refractivity contribution in [1.82, 2.24) is 0 Å². The van der Waals surface area contributed by atoms with Crippen LogP contribution >= 0.6 is 10.3 Å². The van der Waals surface area contributed by atoms with Crippen LogP contribution in [0.1, 0.15) is 49.1 Å². The predicted octanol–water partition coefficient (Wildman–Crippen LogP) is 8.64. The summed E-state index contributed by atoms with van der Waals surface area (Å²) in [5, 5.41) is 0. The third kappa shape index (κ3) is 5.01. The lowest BCUT2D eigenvalue weighted by atomic mass is 9.84. The van der Waals surface area contributed by atoms with Crippen LogP contribution in [0.2, 0.25) is 0 Å². The fourth-order valence-corrected chi connectivity index (χ4v) is 10.2. The molecular weight excluding hydrogens is 484 g/mol. The highest BCUT2D eigenvalue weighted by Gasteiger charge is 2.38. The summed E-state index contributed by atoms with van der Waals surface area (Å²) in [6.45, 7) is 1.94. The average molecular weight is 517 g/mol. The molecule has 0 aliphatic heterocycles. The van der Waals surface area contributed by atoms with E-state index in [1.807, 2.05) is 67.6 Å². The molecule has 1 fully saturated rings. The lowest BCUT2D eigenvalue weighted by Gasteiger charge is -2.39. The van der Waals surface area contributed by atoms with Crippen LogP contribution in [-0.4, -0.2) is 8.42 Å². The third-order valence-electron chi connectivity index (χ3n) is 6.94. The Bertz CT molecular complexity index is 1340. The molecule has 0 saturated heterocycles. The number of aryl methyl sites for hydroxylation is 1. The largest absolute Gasteiger partial charge is 0.307 e. The van der Waals surface area contributed by atoms with Gasteiger partial charge in [-0.3, -0.25) is 0 Å². The Morgan fingerprint density at radius 2 is 1.06 bits per heavy atom. The molecule has 0 spiro atoms. The molecule has 0 heterocycles. The molecule has 0 radical (unpaired) electrons. The van der Waals surface area contributed by atoms with Gasteiger partial charge in [-0.1, -0.05) is 85.5 Å². The molecule has 0 N–H and O–H groups in total. The standard InChI is InChI=1S/C31H32O3S2/c1-25-17-21-31(22-18-25)36(32,33)34-35(28-13-7-3-8-14-28,29-15-9-4-10-16-29)30-23-19-27(20-24-30)26-11-5-2-6-12-26/h3-4,7-10,13-24,26H,2,5-6,11-12H2,1H3. The summed E-state index contributed by atoms with van der Waals surface area (Å²) >= 11 is 0. The summed E-state index contributed by atoms with van der Waals surface area (Å²) in [6.07, 6.45) is 6.29. The van der Waals surface area contributed by atoms with Gasteiger partial charge < -0.3 is 0 Å². The summed E-state index contributed by atoms with van der Waals surface area (Å²) in [5.74, 6) is 0.572. The van der Waals surface area contributed by atoms with Crippen molar-refractivity contribution in [3.63, 3.8) is 0 Å². The summed E-state index contributed by atoms with van der Waals surface area (Å²) in [4.78, 5) is 2.72. The van der Waals surface area contributed by atoms with E-state index < -0.39 is 20.4 Å². The Balaban J connectivity index is 1.68. The molecule has 0 bridgehead atoms. The second kappa shape index (κ2) is 10.6. The normalized spacial score (nSPS) is 15.5. The summed E-state index contributed by atoms with van der Waals surface area (Å²) in [6, 6.07) is 34.9. The van der Waals surface area contributed by atoms with Crippen LogP contribution in [0.5, 0.6) is 0 Å². The predicted molar refractivity (Wildman–Crippen MR) is 147 cm³/mol. The molecule has 1 saturated carbocycles. The van der Waals surface area contributed by atoms with Gasteiger partial charge in [0.2, 0.25) is 0 Å². The van der Waals surface area contributed by atoms with E-state index in [1.54, 1.807) is 24.3 Å². The van der Waals surface area contributed by atoms with E-state index in [2.05, 4.69) is 24.3 Å². The zero-order valence-electron chi connectivity index (χ0n) is 20.5. The van der Waals surface area contributed by atoms with E-state index in [1.165, 1.54) is 37.7 Å². The van der Waals surface area contributed by atoms with Gasteiger partial charge >= 0.3 is 10.1 Å². The first-order valence-electron chi connectivity index (χ1n) is 12.6. The minimum absolute atomic E-state index is 0.163. The highest BCUT2D eigenvalue weighted by atomic mass is 32.3. The van der Waals surface area contributed by atoms with Crippen LogP contribution in [0.4, 0.5) is 0 Å². The Kier molecular flexibility index (Phi) is 7.33. The number of rotatable bonds is 7. The first kappa shape index (κ1) is 24.8. The molecule has 5 rings (SSSR count). The van der Waals surface area contributed by atoms with E-state index in [9.17, 15) is 8.42 Å². The lowest BCUT2D eigenvalue weighted by molar-refractivity contribution is 0.443. The maximum atomic E-state index is 13.8. The molecule has 4 aromatic carbocycles. The van der Waals surface area contributed by atoms with Crippen LogP contribution in [0.3, 0.4) is 0 Å². The molecule has 0 aromatic heterocycles. The molecule has 1 aliphatic rings. The van der Waals surface area contributed by atoms with Crippen molar-refractivity contribution >= 4 is 20.4 Å². The zero-order chi connectivity index (χ0) is 25.0. The third-order valence-corrected chi connectivity index (χ3v) is 12.1. The second-order valence-electron chi connectivity index (χ2n) is 9.42. The highest BCUT2D eigenvalue weighted by Crippen LogP contribution is 2.70. The van der Waals surface area contributed by atoms with E-state index >= 15 is 0 Å². The number of hydrogen-bond acceptors (Lipinski definition) is 3. The second-order valence-corrected chi connectivity index (χ2v) is 13.9. The van der Waals surface area contributed by atoms with E-state index in [0.29, 0.717) is 5.92 Å². The molecule has 3 nitrogen and oxygen atoms in total. The van der Waals surface area contributed by atoms with Gasteiger partial charge in [0.15, 0.2) is 0 Å². The van der Waals surface area contributed by atoms with Gasteiger partial charge in [-0.05, 0) is 90.1 Å². The first-order chi connectivity index (χ1) is 17.5. The fourth-order valence-electron chi connectivity index (χ4n) is 5.00. The van der Waals surface area contributed by atoms with Gasteiger partial charge in [-0.25, -0.2) is 3.63 Å². The molecule has 5 heteroatoms. The molecular formula is C31H32O3S2. The quantitative estimate of drug-likeness (QED) is 0.247. The van der Waals surface area contributed by atoms with Crippen molar-refractivity contribution in [2.75, 3.05) is 0 Å². The molecule has 186 valence electrons. The number of benzene rings is 4. The van der Waals surface area contributed by atoms with Gasteiger partial charge in [0.1, 0.15) is 0 Å². The minimum atomic E-state index is -4.07. The van der Waals surface area contributed by atoms with Crippen molar-refractivity contribution in [2.24, 2.45) is 0 Å². The van der Waals surface area contributed by atoms with Gasteiger partial charge in [0.25, 0.3) is 0 Å². The Labute approximate surface area is 216 Å². The van der Waals surface area contributed by atoms with Crippen molar-refractivity contribution < 1.29 is 12.0 Å². The summed E-state index contributed by atoms with van der Waals surface area (Å²) < 4.78 is 34.0. The van der Waals surface area contributed by atoms with Crippen molar-refractivity contribution in [1.29, 1.82) is 0 Å². The van der Waals surface area contributed by atoms with Crippen LogP contribution in [0.25, 0.3) is 0 Å². The average Bonchev–Trinajstić information content (AvgIpc) is 2.93.